The highest BCUT2D eigenvalue weighted by atomic mass is 32.2. The number of rotatable bonds is 7. The Bertz CT molecular complexity index is 1210. The van der Waals surface area contributed by atoms with Crippen LogP contribution in [0.5, 0.6) is 0 Å². The highest BCUT2D eigenvalue weighted by Gasteiger charge is 2.24. The molecule has 3 aromatic rings. The maximum Gasteiger partial charge on any atom is 0.251 e. The number of hydrogen-bond donors (Lipinski definition) is 1. The molecular formula is C27H30FN5OS. The molecule has 1 saturated heterocycles. The Morgan fingerprint density at radius 3 is 2.37 bits per heavy atom. The lowest BCUT2D eigenvalue weighted by atomic mass is 10.1. The molecule has 2 fully saturated rings. The number of nitrogens with one attached hydrogen (secondary N) is 1. The monoisotopic (exact) mass is 491 g/mol. The molecule has 0 atom stereocenters. The van der Waals surface area contributed by atoms with Crippen LogP contribution in [-0.4, -0.2) is 48.1 Å². The Morgan fingerprint density at radius 2 is 1.69 bits per heavy atom. The molecule has 1 aliphatic carbocycles. The number of aromatic nitrogens is 2. The second-order valence-corrected chi connectivity index (χ2v) is 10.1. The molecule has 1 aliphatic heterocycles. The molecule has 0 radical (unpaired) electrons. The summed E-state index contributed by atoms with van der Waals surface area (Å²) in [6.45, 7) is 7.13. The second-order valence-electron chi connectivity index (χ2n) is 9.20. The van der Waals surface area contributed by atoms with Gasteiger partial charge in [0.15, 0.2) is 5.16 Å². The number of nitrogens with zero attached hydrogens (tertiary/aromatic N) is 4. The zero-order valence-corrected chi connectivity index (χ0v) is 20.9. The van der Waals surface area contributed by atoms with Crippen molar-refractivity contribution in [3.63, 3.8) is 0 Å². The fourth-order valence-corrected chi connectivity index (χ4v) is 5.07. The van der Waals surface area contributed by atoms with Crippen LogP contribution in [0.2, 0.25) is 0 Å². The topological polar surface area (TPSA) is 61.4 Å². The Labute approximate surface area is 210 Å². The molecule has 0 bridgehead atoms. The van der Waals surface area contributed by atoms with Gasteiger partial charge in [0.1, 0.15) is 11.6 Å². The van der Waals surface area contributed by atoms with Crippen LogP contribution in [0.1, 0.15) is 40.0 Å². The van der Waals surface area contributed by atoms with Gasteiger partial charge in [-0.05, 0) is 56.5 Å². The van der Waals surface area contributed by atoms with Gasteiger partial charge in [-0.2, -0.15) is 0 Å². The maximum atomic E-state index is 14.2. The van der Waals surface area contributed by atoms with E-state index in [0.29, 0.717) is 17.3 Å². The summed E-state index contributed by atoms with van der Waals surface area (Å²) in [4.78, 5) is 26.2. The summed E-state index contributed by atoms with van der Waals surface area (Å²) in [5.74, 6) is 1.52. The van der Waals surface area contributed by atoms with Crippen LogP contribution in [0.15, 0.2) is 53.7 Å². The molecule has 0 unspecified atom stereocenters. The van der Waals surface area contributed by atoms with Crippen molar-refractivity contribution < 1.29 is 9.18 Å². The van der Waals surface area contributed by atoms with Gasteiger partial charge in [-0.1, -0.05) is 36.0 Å². The fourth-order valence-electron chi connectivity index (χ4n) is 4.22. The summed E-state index contributed by atoms with van der Waals surface area (Å²) in [7, 11) is 0. The first kappa shape index (κ1) is 23.6. The van der Waals surface area contributed by atoms with Crippen molar-refractivity contribution in [1.82, 2.24) is 15.3 Å². The number of carbonyl (C=O) groups is 1. The zero-order chi connectivity index (χ0) is 24.4. The van der Waals surface area contributed by atoms with Crippen LogP contribution in [0.4, 0.5) is 15.9 Å². The lowest BCUT2D eigenvalue weighted by Crippen LogP contribution is -2.47. The number of para-hydroxylation sites is 1. The van der Waals surface area contributed by atoms with Gasteiger partial charge in [-0.3, -0.25) is 4.79 Å². The SMILES string of the molecule is Cc1nc(SCc2ccc(C(=O)NC3CC3)cc2)nc(N2CCN(c3ccccc3F)CC2)c1C. The number of benzene rings is 2. The number of amides is 1. The highest BCUT2D eigenvalue weighted by Crippen LogP contribution is 2.28. The molecule has 35 heavy (non-hydrogen) atoms. The molecule has 2 aliphatic rings. The van der Waals surface area contributed by atoms with Gasteiger partial charge >= 0.3 is 0 Å². The van der Waals surface area contributed by atoms with E-state index < -0.39 is 0 Å². The average Bonchev–Trinajstić information content (AvgIpc) is 3.69. The van der Waals surface area contributed by atoms with E-state index >= 15 is 0 Å². The molecule has 8 heteroatoms. The number of piperazine rings is 1. The number of halogens is 1. The number of hydrogen-bond acceptors (Lipinski definition) is 6. The van der Waals surface area contributed by atoms with Crippen LogP contribution >= 0.6 is 11.8 Å². The molecular weight excluding hydrogens is 461 g/mol. The summed E-state index contributed by atoms with van der Waals surface area (Å²) >= 11 is 1.60. The molecule has 1 N–H and O–H groups in total. The Morgan fingerprint density at radius 1 is 1.00 bits per heavy atom. The molecule has 2 aromatic carbocycles. The van der Waals surface area contributed by atoms with Crippen molar-refractivity contribution in [3.8, 4) is 0 Å². The van der Waals surface area contributed by atoms with E-state index in [4.69, 9.17) is 9.97 Å². The van der Waals surface area contributed by atoms with Gasteiger partial charge in [-0.25, -0.2) is 14.4 Å². The van der Waals surface area contributed by atoms with Crippen LogP contribution in [0.25, 0.3) is 0 Å². The summed E-state index contributed by atoms with van der Waals surface area (Å²) < 4.78 is 14.2. The average molecular weight is 492 g/mol. The van der Waals surface area contributed by atoms with E-state index in [-0.39, 0.29) is 11.7 Å². The summed E-state index contributed by atoms with van der Waals surface area (Å²) in [5.41, 5.74) is 4.54. The van der Waals surface area contributed by atoms with Crippen LogP contribution in [-0.2, 0) is 5.75 Å². The van der Waals surface area contributed by atoms with E-state index in [2.05, 4.69) is 22.0 Å². The maximum absolute atomic E-state index is 14.2. The first-order valence-electron chi connectivity index (χ1n) is 12.1. The van der Waals surface area contributed by atoms with Crippen LogP contribution in [0.3, 0.4) is 0 Å². The summed E-state index contributed by atoms with van der Waals surface area (Å²) in [6, 6.07) is 15.1. The van der Waals surface area contributed by atoms with Crippen molar-refractivity contribution in [2.75, 3.05) is 36.0 Å². The van der Waals surface area contributed by atoms with Crippen molar-refractivity contribution in [2.45, 2.75) is 43.6 Å². The molecule has 2 heterocycles. The summed E-state index contributed by atoms with van der Waals surface area (Å²) in [5, 5.41) is 3.77. The minimum atomic E-state index is -0.176. The van der Waals surface area contributed by atoms with Gasteiger partial charge < -0.3 is 15.1 Å². The number of thioether (sulfide) groups is 1. The van der Waals surface area contributed by atoms with E-state index in [0.717, 1.165) is 72.6 Å². The van der Waals surface area contributed by atoms with Gasteiger partial charge in [0.05, 0.1) is 5.69 Å². The molecule has 6 nitrogen and oxygen atoms in total. The van der Waals surface area contributed by atoms with E-state index in [1.165, 1.54) is 6.07 Å². The molecule has 1 saturated carbocycles. The lowest BCUT2D eigenvalue weighted by Gasteiger charge is -2.37. The van der Waals surface area contributed by atoms with E-state index in [1.807, 2.05) is 43.3 Å². The van der Waals surface area contributed by atoms with E-state index in [9.17, 15) is 9.18 Å². The van der Waals surface area contributed by atoms with Gasteiger partial charge in [-0.15, -0.1) is 0 Å². The lowest BCUT2D eigenvalue weighted by molar-refractivity contribution is 0.0951. The largest absolute Gasteiger partial charge is 0.366 e. The highest BCUT2D eigenvalue weighted by molar-refractivity contribution is 7.98. The second kappa shape index (κ2) is 10.2. The molecule has 5 rings (SSSR count). The third kappa shape index (κ3) is 5.59. The number of anilines is 2. The zero-order valence-electron chi connectivity index (χ0n) is 20.1. The van der Waals surface area contributed by atoms with Gasteiger partial charge in [0, 0.05) is 54.8 Å². The van der Waals surface area contributed by atoms with Crippen molar-refractivity contribution >= 4 is 29.2 Å². The number of carbonyl (C=O) groups excluding carboxylic acids is 1. The number of aryl methyl sites for hydroxylation is 1. The third-order valence-corrected chi connectivity index (χ3v) is 7.53. The van der Waals surface area contributed by atoms with Crippen molar-refractivity contribution in [1.29, 1.82) is 0 Å². The summed E-state index contributed by atoms with van der Waals surface area (Å²) in [6.07, 6.45) is 2.17. The quantitative estimate of drug-likeness (QED) is 0.380. The third-order valence-electron chi connectivity index (χ3n) is 6.61. The van der Waals surface area contributed by atoms with E-state index in [1.54, 1.807) is 17.8 Å². The van der Waals surface area contributed by atoms with Crippen molar-refractivity contribution in [2.24, 2.45) is 0 Å². The van der Waals surface area contributed by atoms with Gasteiger partial charge in [0.2, 0.25) is 0 Å². The minimum absolute atomic E-state index is 0.00365. The van der Waals surface area contributed by atoms with Gasteiger partial charge in [0.25, 0.3) is 5.91 Å². The first-order chi connectivity index (χ1) is 17.0. The predicted octanol–water partition coefficient (Wildman–Crippen LogP) is 4.74. The van der Waals surface area contributed by atoms with Crippen LogP contribution < -0.4 is 15.1 Å². The Kier molecular flexibility index (Phi) is 6.90. The normalized spacial score (nSPS) is 15.9. The fraction of sp³-hybridized carbons (Fsp3) is 0.370. The first-order valence-corrected chi connectivity index (χ1v) is 13.1. The standard InChI is InChI=1S/C27H30FN5OS/c1-18-19(2)29-27(35-17-20-7-9-21(10-8-20)26(34)30-22-11-12-22)31-25(18)33-15-13-32(14-16-33)24-6-4-3-5-23(24)28/h3-10,22H,11-17H2,1-2H3,(H,30,34). The smallest absolute Gasteiger partial charge is 0.251 e. The van der Waals surface area contributed by atoms with Crippen LogP contribution in [0, 0.1) is 19.7 Å². The predicted molar refractivity (Wildman–Crippen MR) is 139 cm³/mol. The Hall–Kier alpha value is -3.13. The molecule has 1 amide bonds. The molecule has 0 spiro atoms. The molecule has 182 valence electrons. The molecule has 1 aromatic heterocycles. The Balaban J connectivity index is 1.22. The van der Waals surface area contributed by atoms with Crippen molar-refractivity contribution in [3.05, 3.63) is 76.7 Å². The minimum Gasteiger partial charge on any atom is -0.366 e.